The molecule has 19 heavy (non-hydrogen) atoms. The molecule has 98 valence electrons. The first-order chi connectivity index (χ1) is 9.20. The van der Waals surface area contributed by atoms with E-state index in [-0.39, 0.29) is 0 Å². The Bertz CT molecular complexity index is 596. The van der Waals surface area contributed by atoms with Crippen molar-refractivity contribution in [3.63, 3.8) is 0 Å². The molecule has 0 N–H and O–H groups in total. The van der Waals surface area contributed by atoms with Crippen molar-refractivity contribution in [2.45, 2.75) is 26.8 Å². The van der Waals surface area contributed by atoms with Crippen LogP contribution in [0.4, 0.5) is 0 Å². The SMILES string of the molecule is Cc1cc(C)n(CCCOc2ccccc2C#N)n1. The van der Waals surface area contributed by atoms with E-state index in [2.05, 4.69) is 17.2 Å². The molecule has 2 rings (SSSR count). The zero-order chi connectivity index (χ0) is 13.7. The fourth-order valence-corrected chi connectivity index (χ4v) is 1.98. The van der Waals surface area contributed by atoms with Crippen LogP contribution in [0.2, 0.25) is 0 Å². The van der Waals surface area contributed by atoms with Gasteiger partial charge in [0.1, 0.15) is 11.8 Å². The Balaban J connectivity index is 1.84. The lowest BCUT2D eigenvalue weighted by atomic mass is 10.2. The van der Waals surface area contributed by atoms with Gasteiger partial charge in [0.15, 0.2) is 0 Å². The summed E-state index contributed by atoms with van der Waals surface area (Å²) in [5.41, 5.74) is 2.77. The first kappa shape index (κ1) is 13.2. The quantitative estimate of drug-likeness (QED) is 0.772. The van der Waals surface area contributed by atoms with Gasteiger partial charge in [0.2, 0.25) is 0 Å². The van der Waals surface area contributed by atoms with Crippen molar-refractivity contribution in [2.75, 3.05) is 6.61 Å². The molecule has 1 aromatic heterocycles. The Hall–Kier alpha value is -2.28. The molecule has 1 heterocycles. The van der Waals surface area contributed by atoms with Gasteiger partial charge in [-0.15, -0.1) is 0 Å². The summed E-state index contributed by atoms with van der Waals surface area (Å²) in [6.45, 7) is 5.44. The highest BCUT2D eigenvalue weighted by Crippen LogP contribution is 2.16. The minimum absolute atomic E-state index is 0.577. The number of hydrogen-bond acceptors (Lipinski definition) is 3. The Morgan fingerprint density at radius 2 is 2.11 bits per heavy atom. The highest BCUT2D eigenvalue weighted by Gasteiger charge is 2.03. The van der Waals surface area contributed by atoms with Crippen LogP contribution in [0.5, 0.6) is 5.75 Å². The number of nitriles is 1. The molecule has 0 atom stereocenters. The molecule has 4 nitrogen and oxygen atoms in total. The van der Waals surface area contributed by atoms with Gasteiger partial charge in [-0.2, -0.15) is 10.4 Å². The first-order valence-electron chi connectivity index (χ1n) is 6.33. The molecule has 0 aliphatic heterocycles. The summed E-state index contributed by atoms with van der Waals surface area (Å²) in [5, 5.41) is 13.3. The van der Waals surface area contributed by atoms with Crippen LogP contribution in [0.15, 0.2) is 30.3 Å². The van der Waals surface area contributed by atoms with E-state index in [1.54, 1.807) is 6.07 Å². The topological polar surface area (TPSA) is 50.8 Å². The van der Waals surface area contributed by atoms with Crippen molar-refractivity contribution in [3.8, 4) is 11.8 Å². The molecule has 0 radical (unpaired) electrons. The van der Waals surface area contributed by atoms with E-state index in [1.165, 1.54) is 0 Å². The van der Waals surface area contributed by atoms with E-state index in [9.17, 15) is 0 Å². The first-order valence-corrected chi connectivity index (χ1v) is 6.33. The molecule has 0 saturated heterocycles. The molecule has 0 aliphatic carbocycles. The van der Waals surface area contributed by atoms with Crippen LogP contribution in [-0.4, -0.2) is 16.4 Å². The van der Waals surface area contributed by atoms with E-state index >= 15 is 0 Å². The fraction of sp³-hybridized carbons (Fsp3) is 0.333. The van der Waals surface area contributed by atoms with Crippen molar-refractivity contribution >= 4 is 0 Å². The number of benzene rings is 1. The standard InChI is InChI=1S/C15H17N3O/c1-12-10-13(2)18(17-12)8-5-9-19-15-7-4-3-6-14(15)11-16/h3-4,6-7,10H,5,8-9H2,1-2H3. The zero-order valence-electron chi connectivity index (χ0n) is 11.3. The number of para-hydroxylation sites is 1. The smallest absolute Gasteiger partial charge is 0.137 e. The van der Waals surface area contributed by atoms with Gasteiger partial charge in [-0.3, -0.25) is 4.68 Å². The number of aromatic nitrogens is 2. The molecule has 0 fully saturated rings. The summed E-state index contributed by atoms with van der Waals surface area (Å²) in [6, 6.07) is 11.5. The predicted molar refractivity (Wildman–Crippen MR) is 73.0 cm³/mol. The average molecular weight is 255 g/mol. The zero-order valence-corrected chi connectivity index (χ0v) is 11.3. The number of hydrogen-bond donors (Lipinski definition) is 0. The van der Waals surface area contributed by atoms with Gasteiger partial charge in [0.25, 0.3) is 0 Å². The average Bonchev–Trinajstić information content (AvgIpc) is 2.73. The largest absolute Gasteiger partial charge is 0.492 e. The Labute approximate surface area is 113 Å². The van der Waals surface area contributed by atoms with Crippen molar-refractivity contribution in [1.29, 1.82) is 5.26 Å². The molecule has 0 saturated carbocycles. The minimum atomic E-state index is 0.577. The van der Waals surface area contributed by atoms with Crippen LogP contribution < -0.4 is 4.74 Å². The summed E-state index contributed by atoms with van der Waals surface area (Å²) >= 11 is 0. The summed E-state index contributed by atoms with van der Waals surface area (Å²) in [4.78, 5) is 0. The van der Waals surface area contributed by atoms with Crippen molar-refractivity contribution < 1.29 is 4.74 Å². The lowest BCUT2D eigenvalue weighted by Gasteiger charge is -2.08. The number of ether oxygens (including phenoxy) is 1. The molecule has 0 spiro atoms. The van der Waals surface area contributed by atoms with Gasteiger partial charge >= 0.3 is 0 Å². The van der Waals surface area contributed by atoms with E-state index < -0.39 is 0 Å². The molecule has 0 unspecified atom stereocenters. The van der Waals surface area contributed by atoms with Crippen LogP contribution in [0.25, 0.3) is 0 Å². The lowest BCUT2D eigenvalue weighted by molar-refractivity contribution is 0.297. The Kier molecular flexibility index (Phi) is 4.19. The van der Waals surface area contributed by atoms with E-state index in [0.29, 0.717) is 17.9 Å². The molecule has 0 amide bonds. The van der Waals surface area contributed by atoms with Crippen LogP contribution >= 0.6 is 0 Å². The maximum atomic E-state index is 8.95. The molecular weight excluding hydrogens is 238 g/mol. The highest BCUT2D eigenvalue weighted by atomic mass is 16.5. The number of rotatable bonds is 5. The Morgan fingerprint density at radius 1 is 1.32 bits per heavy atom. The normalized spacial score (nSPS) is 10.2. The lowest BCUT2D eigenvalue weighted by Crippen LogP contribution is -2.07. The van der Waals surface area contributed by atoms with Gasteiger partial charge in [0, 0.05) is 18.7 Å². The number of aryl methyl sites for hydroxylation is 3. The predicted octanol–water partition coefficient (Wildman–Crippen LogP) is 2.84. The fourth-order valence-electron chi connectivity index (χ4n) is 1.98. The maximum absolute atomic E-state index is 8.95. The van der Waals surface area contributed by atoms with Crippen molar-refractivity contribution in [3.05, 3.63) is 47.3 Å². The third-order valence-corrected chi connectivity index (χ3v) is 2.88. The molecule has 4 heteroatoms. The molecule has 0 aliphatic rings. The minimum Gasteiger partial charge on any atom is -0.492 e. The summed E-state index contributed by atoms with van der Waals surface area (Å²) in [7, 11) is 0. The van der Waals surface area contributed by atoms with Gasteiger partial charge in [0.05, 0.1) is 17.9 Å². The highest BCUT2D eigenvalue weighted by molar-refractivity contribution is 5.42. The Morgan fingerprint density at radius 3 is 2.79 bits per heavy atom. The maximum Gasteiger partial charge on any atom is 0.137 e. The second-order valence-electron chi connectivity index (χ2n) is 4.46. The summed E-state index contributed by atoms with van der Waals surface area (Å²) in [5.74, 6) is 0.651. The van der Waals surface area contributed by atoms with Crippen molar-refractivity contribution in [1.82, 2.24) is 9.78 Å². The van der Waals surface area contributed by atoms with Gasteiger partial charge in [-0.1, -0.05) is 12.1 Å². The van der Waals surface area contributed by atoms with Crippen LogP contribution in [0.3, 0.4) is 0 Å². The van der Waals surface area contributed by atoms with E-state index in [1.807, 2.05) is 36.7 Å². The monoisotopic (exact) mass is 255 g/mol. The molecule has 0 bridgehead atoms. The van der Waals surface area contributed by atoms with Crippen molar-refractivity contribution in [2.24, 2.45) is 0 Å². The van der Waals surface area contributed by atoms with Crippen LogP contribution in [-0.2, 0) is 6.54 Å². The summed E-state index contributed by atoms with van der Waals surface area (Å²) in [6.07, 6.45) is 0.863. The summed E-state index contributed by atoms with van der Waals surface area (Å²) < 4.78 is 7.61. The third kappa shape index (κ3) is 3.35. The third-order valence-electron chi connectivity index (χ3n) is 2.88. The molecular formula is C15H17N3O. The second kappa shape index (κ2) is 6.05. The molecule has 1 aromatic carbocycles. The molecule has 2 aromatic rings. The van der Waals surface area contributed by atoms with Crippen LogP contribution in [0, 0.1) is 25.2 Å². The van der Waals surface area contributed by atoms with E-state index in [4.69, 9.17) is 10.00 Å². The van der Waals surface area contributed by atoms with Gasteiger partial charge < -0.3 is 4.74 Å². The second-order valence-corrected chi connectivity index (χ2v) is 4.46. The van der Waals surface area contributed by atoms with Crippen LogP contribution in [0.1, 0.15) is 23.4 Å². The van der Waals surface area contributed by atoms with Gasteiger partial charge in [-0.25, -0.2) is 0 Å². The van der Waals surface area contributed by atoms with Gasteiger partial charge in [-0.05, 0) is 32.0 Å². The van der Waals surface area contributed by atoms with E-state index in [0.717, 1.165) is 24.4 Å². The number of nitrogens with zero attached hydrogens (tertiary/aromatic N) is 3.